The van der Waals surface area contributed by atoms with E-state index < -0.39 is 0 Å². The minimum absolute atomic E-state index is 0.141. The summed E-state index contributed by atoms with van der Waals surface area (Å²) in [6.45, 7) is 0.990. The van der Waals surface area contributed by atoms with E-state index in [1.807, 2.05) is 20.2 Å². The first kappa shape index (κ1) is 13.1. The van der Waals surface area contributed by atoms with Crippen molar-refractivity contribution in [2.75, 3.05) is 20.6 Å². The smallest absolute Gasteiger partial charge is 0.283 e. The molecule has 0 spiro atoms. The number of aryl methyl sites for hydroxylation is 1. The second-order valence-corrected chi connectivity index (χ2v) is 4.80. The number of hydrogen-bond acceptors (Lipinski definition) is 3. The van der Waals surface area contributed by atoms with E-state index in [2.05, 4.69) is 20.8 Å². The van der Waals surface area contributed by atoms with E-state index in [0.717, 1.165) is 24.9 Å². The fourth-order valence-corrected chi connectivity index (χ4v) is 1.84. The van der Waals surface area contributed by atoms with E-state index in [1.54, 1.807) is 12.1 Å². The van der Waals surface area contributed by atoms with Gasteiger partial charge in [-0.15, -0.1) is 0 Å². The lowest BCUT2D eigenvalue weighted by Gasteiger charge is -2.08. The highest BCUT2D eigenvalue weighted by Crippen LogP contribution is 2.25. The van der Waals surface area contributed by atoms with E-state index in [1.165, 1.54) is 0 Å². The number of hydrogen-bond donors (Lipinski definition) is 0. The first-order chi connectivity index (χ1) is 7.50. The second-order valence-electron chi connectivity index (χ2n) is 3.95. The molecule has 0 amide bonds. The van der Waals surface area contributed by atoms with Crippen LogP contribution in [0.1, 0.15) is 12.0 Å². The SMILES string of the molecule is CN(C)CCCc1ccc(Br)c([N+](=O)[O-])c1. The highest BCUT2D eigenvalue weighted by Gasteiger charge is 2.11. The lowest BCUT2D eigenvalue weighted by atomic mass is 10.1. The number of benzene rings is 1. The van der Waals surface area contributed by atoms with Crippen molar-refractivity contribution in [2.45, 2.75) is 12.8 Å². The van der Waals surface area contributed by atoms with Crippen LogP contribution in [0.2, 0.25) is 0 Å². The Balaban J connectivity index is 2.68. The Morgan fingerprint density at radius 2 is 2.12 bits per heavy atom. The molecule has 0 aliphatic heterocycles. The van der Waals surface area contributed by atoms with Crippen LogP contribution >= 0.6 is 15.9 Å². The lowest BCUT2D eigenvalue weighted by molar-refractivity contribution is -0.385. The zero-order valence-electron chi connectivity index (χ0n) is 9.44. The number of nitro groups is 1. The molecule has 0 N–H and O–H groups in total. The van der Waals surface area contributed by atoms with Gasteiger partial charge < -0.3 is 4.90 Å². The van der Waals surface area contributed by atoms with Crippen molar-refractivity contribution in [1.82, 2.24) is 4.90 Å². The summed E-state index contributed by atoms with van der Waals surface area (Å²) in [5.41, 5.74) is 1.15. The molecule has 1 aromatic rings. The van der Waals surface area contributed by atoms with Gasteiger partial charge in [-0.2, -0.15) is 0 Å². The van der Waals surface area contributed by atoms with Gasteiger partial charge in [0.25, 0.3) is 5.69 Å². The average Bonchev–Trinajstić information content (AvgIpc) is 2.19. The standard InChI is InChI=1S/C11H15BrN2O2/c1-13(2)7-3-4-9-5-6-10(12)11(8-9)14(15)16/h5-6,8H,3-4,7H2,1-2H3. The molecule has 0 saturated heterocycles. The Morgan fingerprint density at radius 3 is 2.69 bits per heavy atom. The molecule has 0 heterocycles. The molecule has 0 fully saturated rings. The van der Waals surface area contributed by atoms with E-state index in [0.29, 0.717) is 4.47 Å². The summed E-state index contributed by atoms with van der Waals surface area (Å²) in [7, 11) is 4.04. The third kappa shape index (κ3) is 3.90. The Kier molecular flexibility index (Phi) is 4.89. The molecule has 0 atom stereocenters. The highest BCUT2D eigenvalue weighted by atomic mass is 79.9. The minimum Gasteiger partial charge on any atom is -0.309 e. The van der Waals surface area contributed by atoms with Crippen molar-refractivity contribution in [3.8, 4) is 0 Å². The van der Waals surface area contributed by atoms with Crippen LogP contribution in [0.3, 0.4) is 0 Å². The Morgan fingerprint density at radius 1 is 1.44 bits per heavy atom. The van der Waals surface area contributed by atoms with E-state index >= 15 is 0 Å². The van der Waals surface area contributed by atoms with Crippen molar-refractivity contribution in [3.63, 3.8) is 0 Å². The number of halogens is 1. The van der Waals surface area contributed by atoms with Crippen LogP contribution in [-0.2, 0) is 6.42 Å². The molecule has 4 nitrogen and oxygen atoms in total. The third-order valence-corrected chi connectivity index (χ3v) is 2.95. The quantitative estimate of drug-likeness (QED) is 0.618. The predicted octanol–water partition coefficient (Wildman–Crippen LogP) is 2.85. The molecule has 0 bridgehead atoms. The number of nitrogens with zero attached hydrogens (tertiary/aromatic N) is 2. The molecule has 0 saturated carbocycles. The number of rotatable bonds is 5. The van der Waals surface area contributed by atoms with Gasteiger partial charge in [-0.05, 0) is 61.0 Å². The topological polar surface area (TPSA) is 46.4 Å². The Labute approximate surface area is 104 Å². The maximum Gasteiger partial charge on any atom is 0.283 e. The number of nitro benzene ring substituents is 1. The molecule has 0 aromatic heterocycles. The van der Waals surface area contributed by atoms with Crippen molar-refractivity contribution < 1.29 is 4.92 Å². The fraction of sp³-hybridized carbons (Fsp3) is 0.455. The predicted molar refractivity (Wildman–Crippen MR) is 67.7 cm³/mol. The Hall–Kier alpha value is -0.940. The van der Waals surface area contributed by atoms with Gasteiger partial charge in [0.15, 0.2) is 0 Å². The molecule has 0 aliphatic carbocycles. The van der Waals surface area contributed by atoms with Crippen LogP contribution in [-0.4, -0.2) is 30.5 Å². The van der Waals surface area contributed by atoms with Gasteiger partial charge >= 0.3 is 0 Å². The normalized spacial score (nSPS) is 10.8. The molecular formula is C11H15BrN2O2. The molecule has 1 aromatic carbocycles. The largest absolute Gasteiger partial charge is 0.309 e. The average molecular weight is 287 g/mol. The summed E-state index contributed by atoms with van der Waals surface area (Å²) in [5, 5.41) is 10.7. The zero-order chi connectivity index (χ0) is 12.1. The first-order valence-electron chi connectivity index (χ1n) is 5.08. The molecule has 5 heteroatoms. The molecular weight excluding hydrogens is 272 g/mol. The summed E-state index contributed by atoms with van der Waals surface area (Å²) < 4.78 is 0.536. The summed E-state index contributed by atoms with van der Waals surface area (Å²) in [5.74, 6) is 0. The fourth-order valence-electron chi connectivity index (χ4n) is 1.45. The third-order valence-electron chi connectivity index (χ3n) is 2.28. The molecule has 88 valence electrons. The summed E-state index contributed by atoms with van der Waals surface area (Å²) in [6.07, 6.45) is 1.87. The second kappa shape index (κ2) is 5.96. The van der Waals surface area contributed by atoms with Crippen molar-refractivity contribution in [3.05, 3.63) is 38.3 Å². The van der Waals surface area contributed by atoms with Crippen LogP contribution < -0.4 is 0 Å². The van der Waals surface area contributed by atoms with Crippen molar-refractivity contribution >= 4 is 21.6 Å². The van der Waals surface area contributed by atoms with E-state index in [4.69, 9.17) is 0 Å². The summed E-state index contributed by atoms with van der Waals surface area (Å²) >= 11 is 3.17. The molecule has 1 rings (SSSR count). The minimum atomic E-state index is -0.362. The molecule has 0 aliphatic rings. The van der Waals surface area contributed by atoms with Crippen LogP contribution in [0.25, 0.3) is 0 Å². The Bertz CT molecular complexity index is 380. The van der Waals surface area contributed by atoms with Crippen LogP contribution in [0.15, 0.2) is 22.7 Å². The van der Waals surface area contributed by atoms with Gasteiger partial charge in [0.1, 0.15) is 0 Å². The maximum absolute atomic E-state index is 10.7. The van der Waals surface area contributed by atoms with Crippen LogP contribution in [0, 0.1) is 10.1 Å². The maximum atomic E-state index is 10.7. The summed E-state index contributed by atoms with van der Waals surface area (Å²) in [6, 6.07) is 5.30. The molecule has 0 unspecified atom stereocenters. The zero-order valence-corrected chi connectivity index (χ0v) is 11.0. The molecule has 0 radical (unpaired) electrons. The van der Waals surface area contributed by atoms with Gasteiger partial charge in [-0.1, -0.05) is 6.07 Å². The van der Waals surface area contributed by atoms with Gasteiger partial charge in [0.05, 0.1) is 9.40 Å². The van der Waals surface area contributed by atoms with Gasteiger partial charge in [-0.25, -0.2) is 0 Å². The van der Waals surface area contributed by atoms with Crippen LogP contribution in [0.5, 0.6) is 0 Å². The van der Waals surface area contributed by atoms with Crippen molar-refractivity contribution in [1.29, 1.82) is 0 Å². The lowest BCUT2D eigenvalue weighted by Crippen LogP contribution is -2.13. The van der Waals surface area contributed by atoms with Crippen molar-refractivity contribution in [2.24, 2.45) is 0 Å². The van der Waals surface area contributed by atoms with Crippen LogP contribution in [0.4, 0.5) is 5.69 Å². The van der Waals surface area contributed by atoms with Gasteiger partial charge in [-0.3, -0.25) is 10.1 Å². The van der Waals surface area contributed by atoms with E-state index in [-0.39, 0.29) is 10.6 Å². The van der Waals surface area contributed by atoms with Gasteiger partial charge in [0, 0.05) is 6.07 Å². The first-order valence-corrected chi connectivity index (χ1v) is 5.87. The summed E-state index contributed by atoms with van der Waals surface area (Å²) in [4.78, 5) is 12.5. The van der Waals surface area contributed by atoms with Gasteiger partial charge in [0.2, 0.25) is 0 Å². The molecule has 16 heavy (non-hydrogen) atoms. The highest BCUT2D eigenvalue weighted by molar-refractivity contribution is 9.10. The van der Waals surface area contributed by atoms with E-state index in [9.17, 15) is 10.1 Å². The monoisotopic (exact) mass is 286 g/mol.